The van der Waals surface area contributed by atoms with E-state index in [1.807, 2.05) is 30.3 Å². The van der Waals surface area contributed by atoms with E-state index in [-0.39, 0.29) is 17.6 Å². The molecule has 1 saturated heterocycles. The van der Waals surface area contributed by atoms with E-state index >= 15 is 0 Å². The van der Waals surface area contributed by atoms with Crippen LogP contribution in [0.1, 0.15) is 23.1 Å². The van der Waals surface area contributed by atoms with Crippen molar-refractivity contribution >= 4 is 17.5 Å². The highest BCUT2D eigenvalue weighted by molar-refractivity contribution is 6.05. The summed E-state index contributed by atoms with van der Waals surface area (Å²) in [5.74, 6) is -0.162. The Morgan fingerprint density at radius 3 is 2.36 bits per heavy atom. The second-order valence-electron chi connectivity index (χ2n) is 5.70. The third-order valence-electron chi connectivity index (χ3n) is 4.33. The van der Waals surface area contributed by atoms with Crippen LogP contribution in [0.2, 0.25) is 0 Å². The van der Waals surface area contributed by atoms with Crippen molar-refractivity contribution in [2.24, 2.45) is 0 Å². The Kier molecular flexibility index (Phi) is 3.50. The lowest BCUT2D eigenvalue weighted by atomic mass is 9.78. The summed E-state index contributed by atoms with van der Waals surface area (Å²) >= 11 is 0. The predicted molar refractivity (Wildman–Crippen MR) is 88.9 cm³/mol. The highest BCUT2D eigenvalue weighted by atomic mass is 16.6. The molecule has 0 bridgehead atoms. The monoisotopic (exact) mass is 335 g/mol. The SMILES string of the molecule is O=C1C(c2ccc([N+](=O)[O-])cc2)C(c2ccccc2)N1c1ncn[nH]1. The van der Waals surface area contributed by atoms with E-state index in [0.717, 1.165) is 11.1 Å². The third-order valence-corrected chi connectivity index (χ3v) is 4.33. The van der Waals surface area contributed by atoms with Gasteiger partial charge in [0.15, 0.2) is 0 Å². The molecule has 8 heteroatoms. The molecule has 1 aliphatic heterocycles. The van der Waals surface area contributed by atoms with E-state index in [9.17, 15) is 14.9 Å². The van der Waals surface area contributed by atoms with Gasteiger partial charge in [0.25, 0.3) is 5.69 Å². The Hall–Kier alpha value is -3.55. The van der Waals surface area contributed by atoms with Gasteiger partial charge in [0.2, 0.25) is 11.9 Å². The number of hydrogen-bond acceptors (Lipinski definition) is 5. The summed E-state index contributed by atoms with van der Waals surface area (Å²) < 4.78 is 0. The summed E-state index contributed by atoms with van der Waals surface area (Å²) in [6.45, 7) is 0. The van der Waals surface area contributed by atoms with Gasteiger partial charge in [-0.3, -0.25) is 19.8 Å². The number of aromatic amines is 1. The Morgan fingerprint density at radius 1 is 1.04 bits per heavy atom. The Balaban J connectivity index is 1.73. The zero-order chi connectivity index (χ0) is 17.4. The topological polar surface area (TPSA) is 105 Å². The Bertz CT molecular complexity index is 909. The second-order valence-corrected chi connectivity index (χ2v) is 5.70. The number of nitrogens with one attached hydrogen (secondary N) is 1. The number of nitro benzene ring substituents is 1. The van der Waals surface area contributed by atoms with Crippen molar-refractivity contribution in [3.05, 3.63) is 82.2 Å². The maximum atomic E-state index is 12.8. The van der Waals surface area contributed by atoms with Crippen molar-refractivity contribution in [3.8, 4) is 0 Å². The van der Waals surface area contributed by atoms with Crippen LogP contribution in [0.3, 0.4) is 0 Å². The van der Waals surface area contributed by atoms with Gasteiger partial charge in [-0.15, -0.1) is 0 Å². The first-order valence-electron chi connectivity index (χ1n) is 7.64. The lowest BCUT2D eigenvalue weighted by Crippen LogP contribution is -2.54. The number of benzene rings is 2. The molecule has 1 amide bonds. The van der Waals surface area contributed by atoms with Crippen molar-refractivity contribution in [2.75, 3.05) is 4.90 Å². The highest BCUT2D eigenvalue weighted by Crippen LogP contribution is 2.47. The van der Waals surface area contributed by atoms with Crippen molar-refractivity contribution < 1.29 is 9.72 Å². The second kappa shape index (κ2) is 5.82. The summed E-state index contributed by atoms with van der Waals surface area (Å²) in [5.41, 5.74) is 1.70. The molecule has 8 nitrogen and oxygen atoms in total. The molecule has 1 N–H and O–H groups in total. The smallest absolute Gasteiger partial charge is 0.269 e. The Labute approximate surface area is 142 Å². The van der Waals surface area contributed by atoms with Gasteiger partial charge in [0, 0.05) is 12.1 Å². The van der Waals surface area contributed by atoms with Crippen molar-refractivity contribution in [2.45, 2.75) is 12.0 Å². The van der Waals surface area contributed by atoms with Gasteiger partial charge in [-0.2, -0.15) is 10.1 Å². The fourth-order valence-electron chi connectivity index (χ4n) is 3.16. The maximum absolute atomic E-state index is 12.8. The van der Waals surface area contributed by atoms with Gasteiger partial charge < -0.3 is 0 Å². The van der Waals surface area contributed by atoms with Crippen molar-refractivity contribution in [1.82, 2.24) is 15.2 Å². The van der Waals surface area contributed by atoms with Crippen LogP contribution in [0.15, 0.2) is 60.9 Å². The average molecular weight is 335 g/mol. The summed E-state index contributed by atoms with van der Waals surface area (Å²) in [7, 11) is 0. The van der Waals surface area contributed by atoms with Crippen LogP contribution in [-0.4, -0.2) is 26.0 Å². The molecule has 0 radical (unpaired) electrons. The first kappa shape index (κ1) is 15.0. The largest absolute Gasteiger partial charge is 0.274 e. The molecule has 0 aliphatic carbocycles. The molecule has 2 unspecified atom stereocenters. The molecular weight excluding hydrogens is 322 g/mol. The molecule has 1 aliphatic rings. The molecular formula is C17H13N5O3. The van der Waals surface area contributed by atoms with Crippen LogP contribution < -0.4 is 4.90 Å². The normalized spacial score (nSPS) is 19.5. The van der Waals surface area contributed by atoms with Crippen LogP contribution in [0.4, 0.5) is 11.6 Å². The van der Waals surface area contributed by atoms with Gasteiger partial charge in [-0.25, -0.2) is 5.10 Å². The minimum Gasteiger partial charge on any atom is -0.274 e. The van der Waals surface area contributed by atoms with E-state index < -0.39 is 10.8 Å². The van der Waals surface area contributed by atoms with E-state index in [1.165, 1.54) is 18.5 Å². The van der Waals surface area contributed by atoms with Crippen LogP contribution in [0.25, 0.3) is 0 Å². The molecule has 3 aromatic rings. The fraction of sp³-hybridized carbons (Fsp3) is 0.118. The number of hydrogen-bond donors (Lipinski definition) is 1. The summed E-state index contributed by atoms with van der Waals surface area (Å²) in [6.07, 6.45) is 1.35. The van der Waals surface area contributed by atoms with Crippen molar-refractivity contribution in [1.29, 1.82) is 0 Å². The van der Waals surface area contributed by atoms with Gasteiger partial charge in [0.1, 0.15) is 6.33 Å². The van der Waals surface area contributed by atoms with Gasteiger partial charge >= 0.3 is 0 Å². The quantitative estimate of drug-likeness (QED) is 0.448. The number of β-lactam (4-membered cyclic amide) rings is 1. The van der Waals surface area contributed by atoms with E-state index in [4.69, 9.17) is 0 Å². The van der Waals surface area contributed by atoms with Gasteiger partial charge in [-0.1, -0.05) is 42.5 Å². The summed E-state index contributed by atoms with van der Waals surface area (Å²) in [5, 5.41) is 17.4. The van der Waals surface area contributed by atoms with Crippen LogP contribution in [0.5, 0.6) is 0 Å². The predicted octanol–water partition coefficient (Wildman–Crippen LogP) is 2.58. The molecule has 2 heterocycles. The molecule has 1 aromatic heterocycles. The number of nitrogens with zero attached hydrogens (tertiary/aromatic N) is 4. The molecule has 4 rings (SSSR count). The first-order valence-corrected chi connectivity index (χ1v) is 7.64. The third kappa shape index (κ3) is 2.44. The zero-order valence-corrected chi connectivity index (χ0v) is 12.9. The highest BCUT2D eigenvalue weighted by Gasteiger charge is 2.50. The minimum atomic E-state index is -0.456. The molecule has 0 spiro atoms. The summed E-state index contributed by atoms with van der Waals surface area (Å²) in [4.78, 5) is 28.8. The zero-order valence-electron chi connectivity index (χ0n) is 12.9. The minimum absolute atomic E-state index is 0.00104. The number of H-pyrrole nitrogens is 1. The van der Waals surface area contributed by atoms with E-state index in [0.29, 0.717) is 5.95 Å². The number of carbonyl (C=O) groups is 1. The fourth-order valence-corrected chi connectivity index (χ4v) is 3.16. The number of carbonyl (C=O) groups excluding carboxylic acids is 1. The van der Waals surface area contributed by atoms with Gasteiger partial charge in [-0.05, 0) is 11.1 Å². The molecule has 1 fully saturated rings. The number of aromatic nitrogens is 3. The molecule has 0 saturated carbocycles. The van der Waals surface area contributed by atoms with E-state index in [1.54, 1.807) is 17.0 Å². The van der Waals surface area contributed by atoms with E-state index in [2.05, 4.69) is 15.2 Å². The van der Waals surface area contributed by atoms with Crippen molar-refractivity contribution in [3.63, 3.8) is 0 Å². The molecule has 25 heavy (non-hydrogen) atoms. The summed E-state index contributed by atoms with van der Waals surface area (Å²) in [6, 6.07) is 15.5. The number of rotatable bonds is 4. The number of anilines is 1. The number of nitro groups is 1. The van der Waals surface area contributed by atoms with Gasteiger partial charge in [0.05, 0.1) is 16.9 Å². The molecule has 2 aromatic carbocycles. The number of amides is 1. The average Bonchev–Trinajstić information content (AvgIpc) is 3.14. The first-order chi connectivity index (χ1) is 12.2. The number of non-ortho nitro benzene ring substituents is 1. The van der Waals surface area contributed by atoms with Crippen LogP contribution in [0, 0.1) is 10.1 Å². The van der Waals surface area contributed by atoms with Crippen LogP contribution in [-0.2, 0) is 4.79 Å². The lowest BCUT2D eigenvalue weighted by molar-refractivity contribution is -0.384. The standard InChI is InChI=1S/C17H13N5O3/c23-16-14(11-6-8-13(9-7-11)22(24)25)15(12-4-2-1-3-5-12)21(16)17-18-10-19-20-17/h1-10,14-15H,(H,18,19,20). The Morgan fingerprint density at radius 2 is 1.76 bits per heavy atom. The maximum Gasteiger partial charge on any atom is 0.269 e. The molecule has 2 atom stereocenters. The molecule has 124 valence electrons. The lowest BCUT2D eigenvalue weighted by Gasteiger charge is -2.45. The van der Waals surface area contributed by atoms with Crippen LogP contribution >= 0.6 is 0 Å².